The maximum absolute atomic E-state index is 12.6. The Morgan fingerprint density at radius 2 is 2.19 bits per heavy atom. The molecular weight excluding hydrogens is 280 g/mol. The van der Waals surface area contributed by atoms with Crippen LogP contribution in [0.2, 0.25) is 0 Å². The molecule has 0 aromatic carbocycles. The highest BCUT2D eigenvalue weighted by atomic mass is 32.1. The first-order valence-electron chi connectivity index (χ1n) is 8.04. The molecule has 2 aliphatic heterocycles. The Morgan fingerprint density at radius 3 is 2.81 bits per heavy atom. The maximum atomic E-state index is 12.6. The molecule has 1 N–H and O–H groups in total. The molecule has 3 heterocycles. The monoisotopic (exact) mass is 304 g/mol. The molecule has 2 unspecified atom stereocenters. The molecule has 114 valence electrons. The van der Waals surface area contributed by atoms with Gasteiger partial charge in [-0.1, -0.05) is 13.0 Å². The fraction of sp³-hybridized carbons (Fsp3) is 0.588. The van der Waals surface area contributed by atoms with Crippen LogP contribution in [0, 0.1) is 0 Å². The zero-order valence-electron chi connectivity index (χ0n) is 12.6. The summed E-state index contributed by atoms with van der Waals surface area (Å²) in [6.45, 7) is 3.02. The predicted molar refractivity (Wildman–Crippen MR) is 88.3 cm³/mol. The van der Waals surface area contributed by atoms with E-state index in [0.29, 0.717) is 18.1 Å². The predicted octanol–water partition coefficient (Wildman–Crippen LogP) is 3.28. The van der Waals surface area contributed by atoms with Crippen LogP contribution in [0.25, 0.3) is 6.08 Å². The Morgan fingerprint density at radius 1 is 1.43 bits per heavy atom. The van der Waals surface area contributed by atoms with Gasteiger partial charge >= 0.3 is 0 Å². The van der Waals surface area contributed by atoms with Crippen molar-refractivity contribution in [2.75, 3.05) is 6.54 Å². The van der Waals surface area contributed by atoms with Gasteiger partial charge in [-0.15, -0.1) is 11.3 Å². The van der Waals surface area contributed by atoms with Crippen LogP contribution >= 0.6 is 11.3 Å². The fourth-order valence-corrected chi connectivity index (χ4v) is 4.25. The zero-order chi connectivity index (χ0) is 14.7. The maximum Gasteiger partial charge on any atom is 0.246 e. The van der Waals surface area contributed by atoms with Crippen LogP contribution in [-0.4, -0.2) is 35.5 Å². The summed E-state index contributed by atoms with van der Waals surface area (Å²) in [5, 5.41) is 5.70. The Hall–Kier alpha value is -1.13. The highest BCUT2D eigenvalue weighted by molar-refractivity contribution is 7.10. The topological polar surface area (TPSA) is 32.3 Å². The molecule has 1 aromatic heterocycles. The standard InChI is InChI=1S/C17H24N2OS/c1-2-9-19(15-11-13-5-6-14(12-15)18-13)17(20)8-7-16-4-3-10-21-16/h3-4,7-8,10,13-15,18H,2,5-6,9,11-12H2,1H3/b8-7+. The van der Waals surface area contributed by atoms with Crippen molar-refractivity contribution >= 4 is 23.3 Å². The lowest BCUT2D eigenvalue weighted by Crippen LogP contribution is -2.50. The third-order valence-electron chi connectivity index (χ3n) is 4.57. The molecule has 1 amide bonds. The summed E-state index contributed by atoms with van der Waals surface area (Å²) in [4.78, 5) is 15.8. The minimum atomic E-state index is 0.177. The number of rotatable bonds is 5. The van der Waals surface area contributed by atoms with Gasteiger partial charge in [-0.05, 0) is 49.6 Å². The average molecular weight is 304 g/mol. The van der Waals surface area contributed by atoms with Crippen molar-refractivity contribution in [3.8, 4) is 0 Å². The van der Waals surface area contributed by atoms with Crippen LogP contribution in [0.15, 0.2) is 23.6 Å². The van der Waals surface area contributed by atoms with Crippen LogP contribution in [0.5, 0.6) is 0 Å². The van der Waals surface area contributed by atoms with Gasteiger partial charge in [0.15, 0.2) is 0 Å². The van der Waals surface area contributed by atoms with Crippen molar-refractivity contribution < 1.29 is 4.79 Å². The first-order chi connectivity index (χ1) is 10.3. The smallest absolute Gasteiger partial charge is 0.246 e. The van der Waals surface area contributed by atoms with Crippen LogP contribution in [0.4, 0.5) is 0 Å². The van der Waals surface area contributed by atoms with E-state index in [1.165, 1.54) is 12.8 Å². The Kier molecular flexibility index (Phi) is 4.76. The van der Waals surface area contributed by atoms with Crippen LogP contribution < -0.4 is 5.32 Å². The summed E-state index contributed by atoms with van der Waals surface area (Å²) in [6, 6.07) is 5.74. The lowest BCUT2D eigenvalue weighted by atomic mass is 9.97. The number of nitrogens with one attached hydrogen (secondary N) is 1. The van der Waals surface area contributed by atoms with Gasteiger partial charge in [0.05, 0.1) is 0 Å². The van der Waals surface area contributed by atoms with E-state index in [0.717, 1.165) is 30.7 Å². The average Bonchev–Trinajstić information content (AvgIpc) is 3.12. The normalized spacial score (nSPS) is 28.1. The third kappa shape index (κ3) is 3.55. The van der Waals surface area contributed by atoms with Crippen LogP contribution in [0.3, 0.4) is 0 Å². The lowest BCUT2D eigenvalue weighted by molar-refractivity contribution is -0.129. The molecule has 2 atom stereocenters. The quantitative estimate of drug-likeness (QED) is 0.847. The lowest BCUT2D eigenvalue weighted by Gasteiger charge is -2.37. The van der Waals surface area contributed by atoms with E-state index in [1.54, 1.807) is 17.4 Å². The number of nitrogens with zero attached hydrogens (tertiary/aromatic N) is 1. The molecule has 2 bridgehead atoms. The Balaban J connectivity index is 1.67. The molecule has 2 fully saturated rings. The number of fused-ring (bicyclic) bond motifs is 2. The largest absolute Gasteiger partial charge is 0.336 e. The van der Waals surface area contributed by atoms with Crippen molar-refractivity contribution in [1.82, 2.24) is 10.2 Å². The Labute approximate surface area is 131 Å². The highest BCUT2D eigenvalue weighted by Gasteiger charge is 2.36. The van der Waals surface area contributed by atoms with Gasteiger partial charge < -0.3 is 10.2 Å². The molecular formula is C17H24N2OS. The van der Waals surface area contributed by atoms with Crippen molar-refractivity contribution in [3.63, 3.8) is 0 Å². The second kappa shape index (κ2) is 6.75. The molecule has 0 saturated carbocycles. The molecule has 0 radical (unpaired) electrons. The minimum Gasteiger partial charge on any atom is -0.336 e. The van der Waals surface area contributed by atoms with Crippen LogP contribution in [0.1, 0.15) is 43.9 Å². The van der Waals surface area contributed by atoms with Crippen molar-refractivity contribution in [1.29, 1.82) is 0 Å². The fourth-order valence-electron chi connectivity index (χ4n) is 3.63. The summed E-state index contributed by atoms with van der Waals surface area (Å²) < 4.78 is 0. The number of carbonyl (C=O) groups excluding carboxylic acids is 1. The first-order valence-corrected chi connectivity index (χ1v) is 8.92. The van der Waals surface area contributed by atoms with Gasteiger partial charge in [-0.25, -0.2) is 0 Å². The number of hydrogen-bond acceptors (Lipinski definition) is 3. The van der Waals surface area contributed by atoms with Gasteiger partial charge in [-0.3, -0.25) is 4.79 Å². The van der Waals surface area contributed by atoms with Crippen molar-refractivity contribution in [3.05, 3.63) is 28.5 Å². The minimum absolute atomic E-state index is 0.177. The molecule has 2 saturated heterocycles. The van der Waals surface area contributed by atoms with E-state index in [-0.39, 0.29) is 5.91 Å². The molecule has 2 aliphatic rings. The van der Waals surface area contributed by atoms with Crippen molar-refractivity contribution in [2.45, 2.75) is 57.2 Å². The number of piperidine rings is 1. The number of hydrogen-bond donors (Lipinski definition) is 1. The molecule has 4 heteroatoms. The summed E-state index contributed by atoms with van der Waals surface area (Å²) in [6.07, 6.45) is 9.53. The summed E-state index contributed by atoms with van der Waals surface area (Å²) in [7, 11) is 0. The first kappa shape index (κ1) is 14.8. The van der Waals surface area contributed by atoms with Gasteiger partial charge in [0, 0.05) is 35.6 Å². The van der Waals surface area contributed by atoms with Gasteiger partial charge in [0.25, 0.3) is 0 Å². The van der Waals surface area contributed by atoms with E-state index in [9.17, 15) is 4.79 Å². The zero-order valence-corrected chi connectivity index (χ0v) is 13.4. The second-order valence-electron chi connectivity index (χ2n) is 6.14. The van der Waals surface area contributed by atoms with Crippen molar-refractivity contribution in [2.24, 2.45) is 0 Å². The highest BCUT2D eigenvalue weighted by Crippen LogP contribution is 2.30. The summed E-state index contributed by atoms with van der Waals surface area (Å²) >= 11 is 1.67. The summed E-state index contributed by atoms with van der Waals surface area (Å²) in [5.41, 5.74) is 0. The van der Waals surface area contributed by atoms with E-state index < -0.39 is 0 Å². The van der Waals surface area contributed by atoms with Gasteiger partial charge in [0.1, 0.15) is 0 Å². The van der Waals surface area contributed by atoms with Crippen LogP contribution in [-0.2, 0) is 4.79 Å². The molecule has 21 heavy (non-hydrogen) atoms. The molecule has 0 aliphatic carbocycles. The molecule has 1 aromatic rings. The molecule has 0 spiro atoms. The summed E-state index contributed by atoms with van der Waals surface area (Å²) in [5.74, 6) is 0.177. The number of thiophene rings is 1. The number of carbonyl (C=O) groups is 1. The molecule has 3 rings (SSSR count). The van der Waals surface area contributed by atoms with E-state index >= 15 is 0 Å². The second-order valence-corrected chi connectivity index (χ2v) is 7.12. The number of amides is 1. The van der Waals surface area contributed by atoms with E-state index in [2.05, 4.69) is 17.1 Å². The van der Waals surface area contributed by atoms with Gasteiger partial charge in [0.2, 0.25) is 5.91 Å². The SMILES string of the molecule is CCCN(C(=O)/C=C/c1cccs1)C1CC2CCC(C1)N2. The molecule has 3 nitrogen and oxygen atoms in total. The Bertz CT molecular complexity index is 485. The third-order valence-corrected chi connectivity index (χ3v) is 5.41. The van der Waals surface area contributed by atoms with E-state index in [4.69, 9.17) is 0 Å². The van der Waals surface area contributed by atoms with E-state index in [1.807, 2.05) is 23.6 Å². The van der Waals surface area contributed by atoms with Gasteiger partial charge in [-0.2, -0.15) is 0 Å².